The Morgan fingerprint density at radius 1 is 1.17 bits per heavy atom. The molecule has 2 nitrogen and oxygen atoms in total. The first-order valence-electron chi connectivity index (χ1n) is 6.78. The zero-order valence-electron chi connectivity index (χ0n) is 11.0. The van der Waals surface area contributed by atoms with Crippen molar-refractivity contribution in [3.8, 4) is 0 Å². The van der Waals surface area contributed by atoms with Gasteiger partial charge in [-0.1, -0.05) is 49.0 Å². The molecular formula is C15H20N2S. The van der Waals surface area contributed by atoms with Crippen LogP contribution in [0.4, 0.5) is 0 Å². The molecule has 18 heavy (non-hydrogen) atoms. The molecule has 1 heterocycles. The molecule has 2 fully saturated rings. The van der Waals surface area contributed by atoms with Crippen LogP contribution in [-0.2, 0) is 0 Å². The molecule has 1 saturated carbocycles. The fraction of sp³-hybridized carbons (Fsp3) is 0.533. The van der Waals surface area contributed by atoms with Crippen molar-refractivity contribution in [1.82, 2.24) is 5.32 Å². The number of nitrogens with one attached hydrogen (secondary N) is 1. The number of hydrogen-bond acceptors (Lipinski definition) is 2. The molecule has 1 aromatic rings. The number of thioether (sulfide) groups is 1. The molecule has 4 unspecified atom stereocenters. The summed E-state index contributed by atoms with van der Waals surface area (Å²) in [6.07, 6.45) is 2.44. The summed E-state index contributed by atoms with van der Waals surface area (Å²) in [5.74, 6) is 0.647. The van der Waals surface area contributed by atoms with Crippen LogP contribution in [0.1, 0.15) is 38.2 Å². The van der Waals surface area contributed by atoms with Gasteiger partial charge < -0.3 is 5.32 Å². The van der Waals surface area contributed by atoms with Crippen LogP contribution in [0.25, 0.3) is 0 Å². The summed E-state index contributed by atoms with van der Waals surface area (Å²) in [5, 5.41) is 5.35. The molecule has 1 aromatic carbocycles. The van der Waals surface area contributed by atoms with E-state index in [2.05, 4.69) is 49.5 Å². The summed E-state index contributed by atoms with van der Waals surface area (Å²) in [7, 11) is 0. The highest BCUT2D eigenvalue weighted by molar-refractivity contribution is 8.14. The van der Waals surface area contributed by atoms with Gasteiger partial charge in [0.05, 0.1) is 6.04 Å². The molecule has 1 saturated heterocycles. The third kappa shape index (κ3) is 2.72. The van der Waals surface area contributed by atoms with Crippen molar-refractivity contribution < 1.29 is 0 Å². The topological polar surface area (TPSA) is 24.4 Å². The summed E-state index contributed by atoms with van der Waals surface area (Å²) >= 11 is 1.89. The van der Waals surface area contributed by atoms with Crippen LogP contribution in [-0.4, -0.2) is 22.5 Å². The van der Waals surface area contributed by atoms with E-state index < -0.39 is 0 Å². The first-order chi connectivity index (χ1) is 8.72. The average Bonchev–Trinajstić information content (AvgIpc) is 3.08. The largest absolute Gasteiger partial charge is 0.362 e. The minimum atomic E-state index is 0.500. The van der Waals surface area contributed by atoms with Gasteiger partial charge in [0.25, 0.3) is 0 Å². The minimum absolute atomic E-state index is 0.500. The van der Waals surface area contributed by atoms with Gasteiger partial charge in [-0.05, 0) is 25.3 Å². The molecule has 0 aromatic heterocycles. The Balaban J connectivity index is 1.65. The van der Waals surface area contributed by atoms with Crippen LogP contribution in [0.15, 0.2) is 35.3 Å². The van der Waals surface area contributed by atoms with Crippen molar-refractivity contribution in [3.05, 3.63) is 35.9 Å². The van der Waals surface area contributed by atoms with Crippen LogP contribution in [0.5, 0.6) is 0 Å². The highest BCUT2D eigenvalue weighted by atomic mass is 32.2. The summed E-state index contributed by atoms with van der Waals surface area (Å²) in [5.41, 5.74) is 1.44. The molecule has 3 rings (SSSR count). The molecule has 1 N–H and O–H groups in total. The maximum Gasteiger partial charge on any atom is 0.157 e. The molecule has 0 amide bonds. The zero-order valence-corrected chi connectivity index (χ0v) is 11.8. The Morgan fingerprint density at radius 2 is 1.94 bits per heavy atom. The molecule has 4 atom stereocenters. The predicted molar refractivity (Wildman–Crippen MR) is 79.3 cm³/mol. The lowest BCUT2D eigenvalue weighted by atomic mass is 10.1. The van der Waals surface area contributed by atoms with Crippen molar-refractivity contribution in [3.63, 3.8) is 0 Å². The lowest BCUT2D eigenvalue weighted by molar-refractivity contribution is 0.597. The van der Waals surface area contributed by atoms with Crippen LogP contribution < -0.4 is 5.32 Å². The van der Waals surface area contributed by atoms with Gasteiger partial charge in [0.1, 0.15) is 0 Å². The third-order valence-electron chi connectivity index (χ3n) is 3.64. The molecule has 1 aliphatic heterocycles. The third-order valence-corrected chi connectivity index (χ3v) is 4.68. The zero-order chi connectivity index (χ0) is 12.5. The van der Waals surface area contributed by atoms with Gasteiger partial charge in [-0.3, -0.25) is 4.99 Å². The monoisotopic (exact) mass is 260 g/mol. The second-order valence-electron chi connectivity index (χ2n) is 5.46. The number of nitrogens with zero attached hydrogens (tertiary/aromatic N) is 1. The van der Waals surface area contributed by atoms with Crippen molar-refractivity contribution in [2.45, 2.75) is 49.9 Å². The van der Waals surface area contributed by atoms with E-state index in [0.717, 1.165) is 5.17 Å². The Morgan fingerprint density at radius 3 is 2.67 bits per heavy atom. The molecule has 0 radical (unpaired) electrons. The van der Waals surface area contributed by atoms with Crippen LogP contribution in [0, 0.1) is 0 Å². The van der Waals surface area contributed by atoms with Gasteiger partial charge in [-0.2, -0.15) is 0 Å². The number of rotatable bonds is 2. The van der Waals surface area contributed by atoms with Gasteiger partial charge in [-0.25, -0.2) is 0 Å². The van der Waals surface area contributed by atoms with Gasteiger partial charge in [0, 0.05) is 17.2 Å². The minimum Gasteiger partial charge on any atom is -0.362 e. The summed E-state index contributed by atoms with van der Waals surface area (Å²) in [6.45, 7) is 4.53. The number of hydrogen-bond donors (Lipinski definition) is 1. The van der Waals surface area contributed by atoms with E-state index >= 15 is 0 Å². The summed E-state index contributed by atoms with van der Waals surface area (Å²) in [4.78, 5) is 4.87. The maximum absolute atomic E-state index is 4.87. The van der Waals surface area contributed by atoms with Crippen molar-refractivity contribution in [1.29, 1.82) is 0 Å². The van der Waals surface area contributed by atoms with Crippen molar-refractivity contribution in [2.24, 2.45) is 4.99 Å². The first-order valence-corrected chi connectivity index (χ1v) is 7.66. The summed E-state index contributed by atoms with van der Waals surface area (Å²) < 4.78 is 0. The van der Waals surface area contributed by atoms with Crippen molar-refractivity contribution >= 4 is 16.9 Å². The van der Waals surface area contributed by atoms with Gasteiger partial charge in [0.2, 0.25) is 0 Å². The molecule has 0 bridgehead atoms. The lowest BCUT2D eigenvalue weighted by Gasteiger charge is -2.26. The van der Waals surface area contributed by atoms with Gasteiger partial charge in [0.15, 0.2) is 5.17 Å². The predicted octanol–water partition coefficient (Wildman–Crippen LogP) is 3.40. The average molecular weight is 260 g/mol. The number of amidine groups is 1. The Bertz CT molecular complexity index is 431. The number of benzene rings is 1. The number of aliphatic imine (C=N–C) groups is 1. The Kier molecular flexibility index (Phi) is 3.33. The molecular weight excluding hydrogens is 240 g/mol. The van der Waals surface area contributed by atoms with E-state index in [-0.39, 0.29) is 0 Å². The van der Waals surface area contributed by atoms with E-state index in [9.17, 15) is 0 Å². The lowest BCUT2D eigenvalue weighted by Crippen LogP contribution is -2.38. The highest BCUT2D eigenvalue weighted by Gasteiger charge is 2.39. The van der Waals surface area contributed by atoms with E-state index in [1.54, 1.807) is 0 Å². The van der Waals surface area contributed by atoms with E-state index in [1.807, 2.05) is 11.8 Å². The normalized spacial score (nSPS) is 37.3. The van der Waals surface area contributed by atoms with E-state index in [0.29, 0.717) is 23.3 Å². The van der Waals surface area contributed by atoms with Crippen LogP contribution in [0.2, 0.25) is 0 Å². The molecule has 3 heteroatoms. The second-order valence-corrected chi connectivity index (χ2v) is 6.89. The van der Waals surface area contributed by atoms with E-state index in [1.165, 1.54) is 18.4 Å². The second kappa shape index (κ2) is 4.96. The van der Waals surface area contributed by atoms with Crippen molar-refractivity contribution in [2.75, 3.05) is 0 Å². The Labute approximate surface area is 113 Å². The molecule has 96 valence electrons. The van der Waals surface area contributed by atoms with Crippen LogP contribution in [0.3, 0.4) is 0 Å². The first kappa shape index (κ1) is 12.1. The van der Waals surface area contributed by atoms with Gasteiger partial charge in [-0.15, -0.1) is 0 Å². The Hall–Kier alpha value is -0.960. The molecule has 0 spiro atoms. The quantitative estimate of drug-likeness (QED) is 0.881. The molecule has 1 aliphatic carbocycles. The fourth-order valence-electron chi connectivity index (χ4n) is 2.64. The standard InChI is InChI=1S/C15H20N2S/c1-10-8-11(2)18-15(16-10)17-14-9-13(14)12-6-4-3-5-7-12/h3-7,10-11,13-14H,8-9H2,1-2H3,(H,16,17). The maximum atomic E-state index is 4.87. The van der Waals surface area contributed by atoms with Crippen LogP contribution >= 0.6 is 11.8 Å². The van der Waals surface area contributed by atoms with E-state index in [4.69, 9.17) is 4.99 Å². The fourth-order valence-corrected chi connectivity index (χ4v) is 3.87. The van der Waals surface area contributed by atoms with Gasteiger partial charge >= 0.3 is 0 Å². The smallest absolute Gasteiger partial charge is 0.157 e. The SMILES string of the molecule is CC1CC(C)SC(=NC2CC2c2ccccc2)N1. The highest BCUT2D eigenvalue weighted by Crippen LogP contribution is 2.44. The molecule has 2 aliphatic rings. The summed E-state index contributed by atoms with van der Waals surface area (Å²) in [6, 6.07) is 11.8.